The zero-order chi connectivity index (χ0) is 18.1. The van der Waals surface area contributed by atoms with E-state index in [-0.39, 0.29) is 12.7 Å². The van der Waals surface area contributed by atoms with E-state index in [9.17, 15) is 4.79 Å². The minimum absolute atomic E-state index is 0.196. The van der Waals surface area contributed by atoms with Crippen LogP contribution in [-0.2, 0) is 6.42 Å². The van der Waals surface area contributed by atoms with Crippen LogP contribution in [0.15, 0.2) is 30.3 Å². The van der Waals surface area contributed by atoms with E-state index in [4.69, 9.17) is 15.2 Å². The van der Waals surface area contributed by atoms with Crippen molar-refractivity contribution < 1.29 is 14.3 Å². The topological polar surface area (TPSA) is 86.5 Å². The molecule has 0 unspecified atom stereocenters. The normalized spacial score (nSPS) is 12.5. The van der Waals surface area contributed by atoms with E-state index in [0.717, 1.165) is 35.2 Å². The molecule has 1 aromatic carbocycles. The number of nitrogens with one attached hydrogen (secondary N) is 1. The molecule has 3 heterocycles. The van der Waals surface area contributed by atoms with Gasteiger partial charge in [0.15, 0.2) is 11.5 Å². The van der Waals surface area contributed by atoms with Crippen molar-refractivity contribution in [3.63, 3.8) is 0 Å². The Labute approximate surface area is 154 Å². The fourth-order valence-electron chi connectivity index (χ4n) is 2.86. The van der Waals surface area contributed by atoms with E-state index < -0.39 is 0 Å². The van der Waals surface area contributed by atoms with Crippen molar-refractivity contribution in [3.05, 3.63) is 40.9 Å². The van der Waals surface area contributed by atoms with Crippen molar-refractivity contribution in [2.24, 2.45) is 0 Å². The highest BCUT2D eigenvalue weighted by Gasteiger charge is 2.19. The molecular formula is C19H19N3O3S. The summed E-state index contributed by atoms with van der Waals surface area (Å²) in [7, 11) is 0. The Hall–Kier alpha value is -2.80. The molecule has 6 nitrogen and oxygen atoms in total. The molecule has 3 N–H and O–H groups in total. The second kappa shape index (κ2) is 6.84. The molecule has 1 aliphatic heterocycles. The molecule has 7 heteroatoms. The Balaban J connectivity index is 1.59. The number of benzene rings is 1. The van der Waals surface area contributed by atoms with Gasteiger partial charge in [-0.3, -0.25) is 4.79 Å². The van der Waals surface area contributed by atoms with Crippen LogP contribution in [0.4, 0.5) is 11.4 Å². The van der Waals surface area contributed by atoms with Crippen LogP contribution in [0, 0.1) is 0 Å². The number of aromatic nitrogens is 1. The van der Waals surface area contributed by atoms with E-state index in [1.807, 2.05) is 12.1 Å². The summed E-state index contributed by atoms with van der Waals surface area (Å²) in [5, 5.41) is 3.69. The van der Waals surface area contributed by atoms with E-state index in [1.54, 1.807) is 18.2 Å². The molecule has 0 fully saturated rings. The summed E-state index contributed by atoms with van der Waals surface area (Å²) in [5.74, 6) is 1.04. The molecule has 26 heavy (non-hydrogen) atoms. The average molecular weight is 369 g/mol. The van der Waals surface area contributed by atoms with E-state index in [0.29, 0.717) is 27.8 Å². The summed E-state index contributed by atoms with van der Waals surface area (Å²) in [6, 6.07) is 9.23. The second-order valence-electron chi connectivity index (χ2n) is 6.13. The SMILES string of the molecule is CCCCc1ccc2c(N)c(C(=O)Nc3ccc4c(c3)OCO4)sc2n1. The number of carbonyl (C=O) groups is 1. The molecule has 0 bridgehead atoms. The number of rotatable bonds is 5. The van der Waals surface area contributed by atoms with Crippen LogP contribution in [0.3, 0.4) is 0 Å². The molecule has 2 aromatic heterocycles. The quantitative estimate of drug-likeness (QED) is 0.704. The molecule has 3 aromatic rings. The fraction of sp³-hybridized carbons (Fsp3) is 0.263. The summed E-state index contributed by atoms with van der Waals surface area (Å²) >= 11 is 1.32. The smallest absolute Gasteiger partial charge is 0.267 e. The molecular weight excluding hydrogens is 350 g/mol. The third-order valence-corrected chi connectivity index (χ3v) is 5.39. The zero-order valence-corrected chi connectivity index (χ0v) is 15.2. The maximum absolute atomic E-state index is 12.7. The number of amides is 1. The number of fused-ring (bicyclic) bond motifs is 2. The Morgan fingerprint density at radius 2 is 2.12 bits per heavy atom. The Morgan fingerprint density at radius 3 is 2.96 bits per heavy atom. The number of aryl methyl sites for hydroxylation is 1. The van der Waals surface area contributed by atoms with E-state index in [1.165, 1.54) is 11.3 Å². The summed E-state index contributed by atoms with van der Waals surface area (Å²) in [4.78, 5) is 18.6. The standard InChI is InChI=1S/C19H19N3O3S/c1-2-3-4-11-5-7-13-16(20)17(26-19(13)22-11)18(23)21-12-6-8-14-15(9-12)25-10-24-14/h5-9H,2-4,10,20H2,1H3,(H,21,23). The van der Waals surface area contributed by atoms with Gasteiger partial charge in [0.2, 0.25) is 6.79 Å². The minimum Gasteiger partial charge on any atom is -0.454 e. The lowest BCUT2D eigenvalue weighted by Gasteiger charge is -2.05. The van der Waals surface area contributed by atoms with Crippen molar-refractivity contribution in [2.45, 2.75) is 26.2 Å². The van der Waals surface area contributed by atoms with Gasteiger partial charge in [0.25, 0.3) is 5.91 Å². The number of nitrogens with zero attached hydrogens (tertiary/aromatic N) is 1. The molecule has 1 aliphatic rings. The molecule has 4 rings (SSSR count). The number of hydrogen-bond donors (Lipinski definition) is 2. The van der Waals surface area contributed by atoms with Gasteiger partial charge in [0, 0.05) is 22.8 Å². The number of nitrogens with two attached hydrogens (primary N) is 1. The van der Waals surface area contributed by atoms with Crippen molar-refractivity contribution in [1.29, 1.82) is 0 Å². The zero-order valence-electron chi connectivity index (χ0n) is 14.4. The molecule has 1 amide bonds. The minimum atomic E-state index is -0.250. The van der Waals surface area contributed by atoms with Crippen LogP contribution in [0.2, 0.25) is 0 Å². The number of unbranched alkanes of at least 4 members (excludes halogenated alkanes) is 1. The third-order valence-electron chi connectivity index (χ3n) is 4.27. The van der Waals surface area contributed by atoms with Crippen molar-refractivity contribution >= 4 is 38.8 Å². The molecule has 0 aliphatic carbocycles. The molecule has 0 atom stereocenters. The van der Waals surface area contributed by atoms with Crippen LogP contribution in [-0.4, -0.2) is 17.7 Å². The molecule has 134 valence electrons. The van der Waals surface area contributed by atoms with Crippen LogP contribution in [0.25, 0.3) is 10.2 Å². The summed E-state index contributed by atoms with van der Waals surface area (Å²) in [6.07, 6.45) is 3.15. The maximum atomic E-state index is 12.7. The predicted molar refractivity (Wildman–Crippen MR) is 103 cm³/mol. The molecule has 0 saturated carbocycles. The lowest BCUT2D eigenvalue weighted by atomic mass is 10.1. The maximum Gasteiger partial charge on any atom is 0.267 e. The van der Waals surface area contributed by atoms with Gasteiger partial charge in [-0.15, -0.1) is 11.3 Å². The number of anilines is 2. The number of carbonyl (C=O) groups excluding carboxylic acids is 1. The molecule has 0 radical (unpaired) electrons. The van der Waals surface area contributed by atoms with Gasteiger partial charge in [-0.05, 0) is 37.1 Å². The van der Waals surface area contributed by atoms with Gasteiger partial charge in [-0.1, -0.05) is 13.3 Å². The van der Waals surface area contributed by atoms with Gasteiger partial charge in [-0.25, -0.2) is 4.98 Å². The van der Waals surface area contributed by atoms with E-state index in [2.05, 4.69) is 17.2 Å². The average Bonchev–Trinajstić information content (AvgIpc) is 3.24. The highest BCUT2D eigenvalue weighted by atomic mass is 32.1. The van der Waals surface area contributed by atoms with Crippen molar-refractivity contribution in [3.8, 4) is 11.5 Å². The van der Waals surface area contributed by atoms with Crippen molar-refractivity contribution in [2.75, 3.05) is 17.8 Å². The highest BCUT2D eigenvalue weighted by Crippen LogP contribution is 2.36. The first-order chi connectivity index (χ1) is 12.7. The number of hydrogen-bond acceptors (Lipinski definition) is 6. The number of nitrogen functional groups attached to an aromatic ring is 1. The van der Waals surface area contributed by atoms with Gasteiger partial charge < -0.3 is 20.5 Å². The Bertz CT molecular complexity index is 984. The summed E-state index contributed by atoms with van der Waals surface area (Å²) < 4.78 is 10.6. The first kappa shape index (κ1) is 16.7. The Kier molecular flexibility index (Phi) is 4.38. The summed E-state index contributed by atoms with van der Waals surface area (Å²) in [6.45, 7) is 2.35. The number of pyridine rings is 1. The number of thiophene rings is 1. The van der Waals surface area contributed by atoms with Gasteiger partial charge in [0.05, 0.1) is 5.69 Å². The van der Waals surface area contributed by atoms with Crippen LogP contribution < -0.4 is 20.5 Å². The van der Waals surface area contributed by atoms with Crippen molar-refractivity contribution in [1.82, 2.24) is 4.98 Å². The summed E-state index contributed by atoms with van der Waals surface area (Å²) in [5.41, 5.74) is 8.33. The van der Waals surface area contributed by atoms with Gasteiger partial charge in [-0.2, -0.15) is 0 Å². The van der Waals surface area contributed by atoms with Crippen LogP contribution >= 0.6 is 11.3 Å². The largest absolute Gasteiger partial charge is 0.454 e. The number of ether oxygens (including phenoxy) is 2. The lowest BCUT2D eigenvalue weighted by Crippen LogP contribution is -2.11. The second-order valence-corrected chi connectivity index (χ2v) is 7.12. The first-order valence-corrected chi connectivity index (χ1v) is 9.36. The molecule has 0 spiro atoms. The van der Waals surface area contributed by atoms with Crippen LogP contribution in [0.5, 0.6) is 11.5 Å². The van der Waals surface area contributed by atoms with Crippen LogP contribution in [0.1, 0.15) is 35.1 Å². The fourth-order valence-corrected chi connectivity index (χ4v) is 3.87. The van der Waals surface area contributed by atoms with Gasteiger partial charge in [0.1, 0.15) is 9.71 Å². The lowest BCUT2D eigenvalue weighted by molar-refractivity contribution is 0.103. The third kappa shape index (κ3) is 3.06. The molecule has 0 saturated heterocycles. The monoisotopic (exact) mass is 369 g/mol. The highest BCUT2D eigenvalue weighted by molar-refractivity contribution is 7.21. The van der Waals surface area contributed by atoms with Gasteiger partial charge >= 0.3 is 0 Å². The first-order valence-electron chi connectivity index (χ1n) is 8.54. The Morgan fingerprint density at radius 1 is 1.27 bits per heavy atom. The predicted octanol–water partition coefficient (Wildman–Crippen LogP) is 4.20. The van der Waals surface area contributed by atoms with E-state index >= 15 is 0 Å².